The average Bonchev–Trinajstić information content (AvgIpc) is 2.81. The molecular weight excluding hydrogens is 317 g/mol. The van der Waals surface area contributed by atoms with Gasteiger partial charge in [-0.15, -0.1) is 11.6 Å². The molecule has 1 aliphatic heterocycles. The van der Waals surface area contributed by atoms with E-state index in [1.54, 1.807) is 0 Å². The molecule has 1 unspecified atom stereocenters. The van der Waals surface area contributed by atoms with Gasteiger partial charge in [-0.1, -0.05) is 23.2 Å². The van der Waals surface area contributed by atoms with Crippen molar-refractivity contribution in [3.63, 3.8) is 0 Å². The van der Waals surface area contributed by atoms with Crippen LogP contribution >= 0.6 is 34.8 Å². The molecule has 1 saturated heterocycles. The molecule has 0 N–H and O–H groups in total. The Morgan fingerprint density at radius 1 is 1.28 bits per heavy atom. The van der Waals surface area contributed by atoms with Crippen LogP contribution in [-0.4, -0.2) is 31.7 Å². The summed E-state index contributed by atoms with van der Waals surface area (Å²) in [6, 6.07) is 4.34. The standard InChI is InChI=1S/C11H12Cl3NO2S/c12-6-8-3-4-15(7-8)18(16,17)9-1-2-10(13)11(14)5-9/h1-2,5,8H,3-4,6-7H2. The lowest BCUT2D eigenvalue weighted by molar-refractivity contribution is 0.465. The van der Waals surface area contributed by atoms with Crippen molar-refractivity contribution in [2.45, 2.75) is 11.3 Å². The van der Waals surface area contributed by atoms with Gasteiger partial charge in [0.05, 0.1) is 14.9 Å². The number of hydrogen-bond acceptors (Lipinski definition) is 2. The van der Waals surface area contributed by atoms with Crippen LogP contribution in [0.25, 0.3) is 0 Å². The van der Waals surface area contributed by atoms with Gasteiger partial charge in [-0.25, -0.2) is 8.42 Å². The van der Waals surface area contributed by atoms with Crippen molar-refractivity contribution >= 4 is 44.8 Å². The summed E-state index contributed by atoms with van der Waals surface area (Å²) in [6.07, 6.45) is 0.796. The molecule has 2 rings (SSSR count). The van der Waals surface area contributed by atoms with Crippen LogP contribution in [0.15, 0.2) is 23.1 Å². The van der Waals surface area contributed by atoms with E-state index in [1.165, 1.54) is 22.5 Å². The first kappa shape index (κ1) is 14.4. The summed E-state index contributed by atoms with van der Waals surface area (Å²) in [7, 11) is -3.49. The van der Waals surface area contributed by atoms with Gasteiger partial charge in [0.15, 0.2) is 0 Å². The number of hydrogen-bond donors (Lipinski definition) is 0. The topological polar surface area (TPSA) is 37.4 Å². The van der Waals surface area contributed by atoms with E-state index in [4.69, 9.17) is 34.8 Å². The average molecular weight is 329 g/mol. The molecule has 1 aromatic carbocycles. The highest BCUT2D eigenvalue weighted by atomic mass is 35.5. The van der Waals surface area contributed by atoms with Crippen LogP contribution < -0.4 is 0 Å². The minimum absolute atomic E-state index is 0.173. The van der Waals surface area contributed by atoms with Crippen LogP contribution in [0.4, 0.5) is 0 Å². The number of sulfonamides is 1. The Labute approximate surface area is 122 Å². The van der Waals surface area contributed by atoms with Crippen molar-refractivity contribution in [2.24, 2.45) is 5.92 Å². The fraction of sp³-hybridized carbons (Fsp3) is 0.455. The van der Waals surface area contributed by atoms with E-state index in [0.717, 1.165) is 6.42 Å². The van der Waals surface area contributed by atoms with E-state index in [0.29, 0.717) is 24.0 Å². The maximum atomic E-state index is 12.3. The summed E-state index contributed by atoms with van der Waals surface area (Å²) >= 11 is 17.4. The van der Waals surface area contributed by atoms with Crippen molar-refractivity contribution in [1.29, 1.82) is 0 Å². The largest absolute Gasteiger partial charge is 0.243 e. The lowest BCUT2D eigenvalue weighted by Crippen LogP contribution is -2.29. The van der Waals surface area contributed by atoms with Crippen molar-refractivity contribution in [1.82, 2.24) is 4.31 Å². The van der Waals surface area contributed by atoms with E-state index in [2.05, 4.69) is 0 Å². The second-order valence-corrected chi connectivity index (χ2v) is 7.31. The van der Waals surface area contributed by atoms with Gasteiger partial charge in [-0.05, 0) is 30.5 Å². The van der Waals surface area contributed by atoms with Crippen molar-refractivity contribution < 1.29 is 8.42 Å². The molecule has 0 saturated carbocycles. The SMILES string of the molecule is O=S(=O)(c1ccc(Cl)c(Cl)c1)N1CCC(CCl)C1. The molecular formula is C11H12Cl3NO2S. The fourth-order valence-corrected chi connectivity index (χ4v) is 4.10. The van der Waals surface area contributed by atoms with Crippen LogP contribution in [0.3, 0.4) is 0 Å². The zero-order chi connectivity index (χ0) is 13.3. The highest BCUT2D eigenvalue weighted by Gasteiger charge is 2.32. The van der Waals surface area contributed by atoms with Gasteiger partial charge in [0, 0.05) is 19.0 Å². The van der Waals surface area contributed by atoms with Gasteiger partial charge in [0.2, 0.25) is 10.0 Å². The molecule has 0 bridgehead atoms. The summed E-state index contributed by atoms with van der Waals surface area (Å²) < 4.78 is 26.1. The van der Waals surface area contributed by atoms with Crippen molar-refractivity contribution in [2.75, 3.05) is 19.0 Å². The Morgan fingerprint density at radius 3 is 2.56 bits per heavy atom. The van der Waals surface area contributed by atoms with Crippen LogP contribution in [-0.2, 0) is 10.0 Å². The molecule has 1 aromatic rings. The lowest BCUT2D eigenvalue weighted by atomic mass is 10.2. The highest BCUT2D eigenvalue weighted by Crippen LogP contribution is 2.29. The normalized spacial score (nSPS) is 21.4. The van der Waals surface area contributed by atoms with Crippen molar-refractivity contribution in [3.05, 3.63) is 28.2 Å². The van der Waals surface area contributed by atoms with Gasteiger partial charge in [-0.3, -0.25) is 0 Å². The first-order valence-electron chi connectivity index (χ1n) is 5.46. The Hall–Kier alpha value is -0.000000000000000111. The molecule has 7 heteroatoms. The molecule has 0 amide bonds. The van der Waals surface area contributed by atoms with E-state index >= 15 is 0 Å². The summed E-state index contributed by atoms with van der Waals surface area (Å²) in [5.41, 5.74) is 0. The van der Waals surface area contributed by atoms with Gasteiger partial charge in [-0.2, -0.15) is 4.31 Å². The third-order valence-corrected chi connectivity index (χ3v) is 6.03. The van der Waals surface area contributed by atoms with Gasteiger partial charge in [0.1, 0.15) is 0 Å². The zero-order valence-corrected chi connectivity index (χ0v) is 12.5. The van der Waals surface area contributed by atoms with E-state index < -0.39 is 10.0 Å². The monoisotopic (exact) mass is 327 g/mol. The molecule has 0 radical (unpaired) electrons. The molecule has 0 aliphatic carbocycles. The van der Waals surface area contributed by atoms with Crippen LogP contribution in [0.2, 0.25) is 10.0 Å². The third kappa shape index (κ3) is 2.78. The maximum Gasteiger partial charge on any atom is 0.243 e. The molecule has 1 fully saturated rings. The van der Waals surface area contributed by atoms with Crippen LogP contribution in [0.5, 0.6) is 0 Å². The Morgan fingerprint density at radius 2 is 2.00 bits per heavy atom. The number of benzene rings is 1. The molecule has 1 atom stereocenters. The quantitative estimate of drug-likeness (QED) is 0.799. The molecule has 1 heterocycles. The third-order valence-electron chi connectivity index (χ3n) is 3.00. The second kappa shape index (κ2) is 5.55. The highest BCUT2D eigenvalue weighted by molar-refractivity contribution is 7.89. The molecule has 1 aliphatic rings. The minimum Gasteiger partial charge on any atom is -0.207 e. The molecule has 3 nitrogen and oxygen atoms in total. The Bertz CT molecular complexity index is 547. The molecule has 100 valence electrons. The van der Waals surface area contributed by atoms with Crippen LogP contribution in [0.1, 0.15) is 6.42 Å². The van der Waals surface area contributed by atoms with Crippen molar-refractivity contribution in [3.8, 4) is 0 Å². The van der Waals surface area contributed by atoms with Gasteiger partial charge in [0.25, 0.3) is 0 Å². The fourth-order valence-electron chi connectivity index (χ4n) is 1.93. The molecule has 18 heavy (non-hydrogen) atoms. The first-order valence-corrected chi connectivity index (χ1v) is 8.19. The van der Waals surface area contributed by atoms with Gasteiger partial charge < -0.3 is 0 Å². The summed E-state index contributed by atoms with van der Waals surface area (Å²) in [5.74, 6) is 0.706. The molecule has 0 aromatic heterocycles. The smallest absolute Gasteiger partial charge is 0.207 e. The lowest BCUT2D eigenvalue weighted by Gasteiger charge is -2.16. The number of halogens is 3. The van der Waals surface area contributed by atoms with E-state index in [-0.39, 0.29) is 15.8 Å². The number of nitrogens with zero attached hydrogens (tertiary/aromatic N) is 1. The second-order valence-electron chi connectivity index (χ2n) is 4.25. The minimum atomic E-state index is -3.49. The summed E-state index contributed by atoms with van der Waals surface area (Å²) in [6.45, 7) is 0.964. The first-order chi connectivity index (χ1) is 8.45. The predicted octanol–water partition coefficient (Wildman–Crippen LogP) is 3.24. The Balaban J connectivity index is 2.28. The molecule has 0 spiro atoms. The van der Waals surface area contributed by atoms with E-state index in [9.17, 15) is 8.42 Å². The van der Waals surface area contributed by atoms with Crippen LogP contribution in [0, 0.1) is 5.92 Å². The number of rotatable bonds is 3. The summed E-state index contributed by atoms with van der Waals surface area (Å²) in [4.78, 5) is 0.173. The van der Waals surface area contributed by atoms with Gasteiger partial charge >= 0.3 is 0 Å². The predicted molar refractivity (Wildman–Crippen MR) is 74.0 cm³/mol. The Kier molecular flexibility index (Phi) is 4.44. The number of alkyl halides is 1. The summed E-state index contributed by atoms with van der Waals surface area (Å²) in [5, 5.41) is 0.585. The zero-order valence-electron chi connectivity index (χ0n) is 9.44. The maximum absolute atomic E-state index is 12.3. The van der Waals surface area contributed by atoms with E-state index in [1.807, 2.05) is 0 Å².